The molecule has 0 fully saturated rings. The Balaban J connectivity index is 3.66. The molecule has 0 aromatic heterocycles. The first-order valence-electron chi connectivity index (χ1n) is 3.60. The number of hydrogen-bond acceptors (Lipinski definition) is 2. The molecular weight excluding hydrogens is 144 g/mol. The van der Waals surface area contributed by atoms with Gasteiger partial charge in [0, 0.05) is 18.6 Å². The molecule has 1 N–H and O–H groups in total. The monoisotopic (exact) mass is 158 g/mol. The number of carboxylic acid groups (broad SMARTS) is 1. The van der Waals surface area contributed by atoms with Crippen molar-refractivity contribution in [2.24, 2.45) is 0 Å². The van der Waals surface area contributed by atoms with Gasteiger partial charge in [-0.05, 0) is 13.8 Å². The Bertz CT molecular complexity index is 151. The maximum absolute atomic E-state index is 10.3. The number of hydrogen-bond donors (Lipinski definition) is 1. The Labute approximate surface area is 66.7 Å². The van der Waals surface area contributed by atoms with E-state index in [4.69, 9.17) is 9.84 Å². The average Bonchev–Trinajstić information content (AvgIpc) is 1.87. The van der Waals surface area contributed by atoms with Crippen LogP contribution in [0.4, 0.5) is 0 Å². The summed E-state index contributed by atoms with van der Waals surface area (Å²) in [6.45, 7) is 7.71. The molecule has 0 rings (SSSR count). The highest BCUT2D eigenvalue weighted by Gasteiger charge is 2.08. The molecular formula is C8H14O3. The van der Waals surface area contributed by atoms with Gasteiger partial charge in [0.1, 0.15) is 0 Å². The molecule has 1 atom stereocenters. The van der Waals surface area contributed by atoms with Crippen LogP contribution in [0.25, 0.3) is 0 Å². The summed E-state index contributed by atoms with van der Waals surface area (Å²) >= 11 is 0. The van der Waals surface area contributed by atoms with E-state index in [2.05, 4.69) is 6.58 Å². The van der Waals surface area contributed by atoms with Gasteiger partial charge in [-0.3, -0.25) is 0 Å². The van der Waals surface area contributed by atoms with Gasteiger partial charge in [0.15, 0.2) is 0 Å². The predicted octanol–water partition coefficient (Wildman–Crippen LogP) is 1.44. The van der Waals surface area contributed by atoms with Gasteiger partial charge in [0.05, 0.1) is 6.10 Å². The van der Waals surface area contributed by atoms with E-state index in [0.29, 0.717) is 13.0 Å². The molecule has 0 aliphatic rings. The van der Waals surface area contributed by atoms with Crippen molar-refractivity contribution in [2.75, 3.05) is 6.61 Å². The summed E-state index contributed by atoms with van der Waals surface area (Å²) in [4.78, 5) is 10.3. The first-order valence-corrected chi connectivity index (χ1v) is 3.60. The van der Waals surface area contributed by atoms with Gasteiger partial charge in [-0.1, -0.05) is 6.58 Å². The molecule has 0 spiro atoms. The van der Waals surface area contributed by atoms with E-state index in [-0.39, 0.29) is 11.7 Å². The van der Waals surface area contributed by atoms with Gasteiger partial charge in [0.2, 0.25) is 0 Å². The van der Waals surface area contributed by atoms with Gasteiger partial charge in [-0.15, -0.1) is 0 Å². The fourth-order valence-corrected chi connectivity index (χ4v) is 0.778. The van der Waals surface area contributed by atoms with E-state index in [1.165, 1.54) is 0 Å². The van der Waals surface area contributed by atoms with E-state index in [1.807, 2.05) is 13.8 Å². The fourth-order valence-electron chi connectivity index (χ4n) is 0.778. The highest BCUT2D eigenvalue weighted by atomic mass is 16.5. The summed E-state index contributed by atoms with van der Waals surface area (Å²) in [6, 6.07) is 0. The van der Waals surface area contributed by atoms with Crippen LogP contribution < -0.4 is 0 Å². The third kappa shape index (κ3) is 4.56. The fraction of sp³-hybridized carbons (Fsp3) is 0.625. The Hall–Kier alpha value is -0.830. The van der Waals surface area contributed by atoms with Gasteiger partial charge in [-0.25, -0.2) is 4.79 Å². The SMILES string of the molecule is C=C(CC(C)OCC)C(=O)O. The van der Waals surface area contributed by atoms with Crippen molar-refractivity contribution in [2.45, 2.75) is 26.4 Å². The second kappa shape index (κ2) is 4.91. The van der Waals surface area contributed by atoms with E-state index in [9.17, 15) is 4.79 Å². The van der Waals surface area contributed by atoms with Gasteiger partial charge >= 0.3 is 5.97 Å². The largest absolute Gasteiger partial charge is 0.478 e. The van der Waals surface area contributed by atoms with Crippen LogP contribution in [-0.2, 0) is 9.53 Å². The Morgan fingerprint density at radius 3 is 2.64 bits per heavy atom. The Morgan fingerprint density at radius 1 is 1.73 bits per heavy atom. The summed E-state index contributed by atoms with van der Waals surface area (Å²) in [5, 5.41) is 8.44. The third-order valence-electron chi connectivity index (χ3n) is 1.29. The van der Waals surface area contributed by atoms with Crippen molar-refractivity contribution in [3.8, 4) is 0 Å². The van der Waals surface area contributed by atoms with Gasteiger partial charge in [-0.2, -0.15) is 0 Å². The molecule has 0 aromatic carbocycles. The van der Waals surface area contributed by atoms with Gasteiger partial charge < -0.3 is 9.84 Å². The molecule has 0 radical (unpaired) electrons. The maximum Gasteiger partial charge on any atom is 0.331 e. The molecule has 64 valence electrons. The first kappa shape index (κ1) is 10.2. The standard InChI is InChI=1S/C8H14O3/c1-4-11-7(3)5-6(2)8(9)10/h7H,2,4-5H2,1,3H3,(H,9,10). The maximum atomic E-state index is 10.3. The molecule has 3 nitrogen and oxygen atoms in total. The molecule has 1 unspecified atom stereocenters. The minimum atomic E-state index is -0.948. The van der Waals surface area contributed by atoms with Crippen LogP contribution in [0.1, 0.15) is 20.3 Å². The van der Waals surface area contributed by atoms with Crippen LogP contribution in [0.15, 0.2) is 12.2 Å². The van der Waals surface area contributed by atoms with Crippen LogP contribution in [0, 0.1) is 0 Å². The smallest absolute Gasteiger partial charge is 0.331 e. The van der Waals surface area contributed by atoms with Crippen LogP contribution in [0.3, 0.4) is 0 Å². The third-order valence-corrected chi connectivity index (χ3v) is 1.29. The molecule has 11 heavy (non-hydrogen) atoms. The summed E-state index contributed by atoms with van der Waals surface area (Å²) in [7, 11) is 0. The number of aliphatic carboxylic acids is 1. The number of ether oxygens (including phenoxy) is 1. The van der Waals surface area contributed by atoms with Crippen molar-refractivity contribution >= 4 is 5.97 Å². The minimum Gasteiger partial charge on any atom is -0.478 e. The summed E-state index contributed by atoms with van der Waals surface area (Å²) in [6.07, 6.45) is 0.340. The van der Waals surface area contributed by atoms with Crippen molar-refractivity contribution in [1.29, 1.82) is 0 Å². The zero-order valence-electron chi connectivity index (χ0n) is 6.96. The Kier molecular flexibility index (Phi) is 4.54. The lowest BCUT2D eigenvalue weighted by Gasteiger charge is -2.10. The van der Waals surface area contributed by atoms with Gasteiger partial charge in [0.25, 0.3) is 0 Å². The minimum absolute atomic E-state index is 0.0522. The van der Waals surface area contributed by atoms with Crippen LogP contribution in [0.5, 0.6) is 0 Å². The molecule has 3 heteroatoms. The highest BCUT2D eigenvalue weighted by Crippen LogP contribution is 2.05. The molecule has 0 amide bonds. The van der Waals surface area contributed by atoms with E-state index in [1.54, 1.807) is 0 Å². The van der Waals surface area contributed by atoms with Crippen molar-refractivity contribution < 1.29 is 14.6 Å². The average molecular weight is 158 g/mol. The lowest BCUT2D eigenvalue weighted by molar-refractivity contribution is -0.133. The van der Waals surface area contributed by atoms with E-state index in [0.717, 1.165) is 0 Å². The quantitative estimate of drug-likeness (QED) is 0.616. The molecule has 0 aliphatic heterocycles. The van der Waals surface area contributed by atoms with Crippen molar-refractivity contribution in [3.05, 3.63) is 12.2 Å². The number of carbonyl (C=O) groups is 1. The lowest BCUT2D eigenvalue weighted by atomic mass is 10.1. The molecule has 0 saturated carbocycles. The molecule has 0 saturated heterocycles. The van der Waals surface area contributed by atoms with Crippen LogP contribution in [-0.4, -0.2) is 23.8 Å². The molecule has 0 aliphatic carbocycles. The van der Waals surface area contributed by atoms with E-state index < -0.39 is 5.97 Å². The highest BCUT2D eigenvalue weighted by molar-refractivity contribution is 5.85. The zero-order chi connectivity index (χ0) is 8.85. The lowest BCUT2D eigenvalue weighted by Crippen LogP contribution is -2.12. The van der Waals surface area contributed by atoms with Crippen LogP contribution in [0.2, 0.25) is 0 Å². The first-order chi connectivity index (χ1) is 5.07. The topological polar surface area (TPSA) is 46.5 Å². The second-order valence-corrected chi connectivity index (χ2v) is 2.38. The number of rotatable bonds is 5. The van der Waals surface area contributed by atoms with Crippen molar-refractivity contribution in [3.63, 3.8) is 0 Å². The Morgan fingerprint density at radius 2 is 2.27 bits per heavy atom. The summed E-state index contributed by atoms with van der Waals surface area (Å²) in [5.74, 6) is -0.948. The summed E-state index contributed by atoms with van der Waals surface area (Å²) in [5.41, 5.74) is 0.200. The second-order valence-electron chi connectivity index (χ2n) is 2.38. The normalized spacial score (nSPS) is 12.5. The predicted molar refractivity (Wildman–Crippen MR) is 42.5 cm³/mol. The molecule has 0 heterocycles. The molecule has 0 bridgehead atoms. The summed E-state index contributed by atoms with van der Waals surface area (Å²) < 4.78 is 5.14. The van der Waals surface area contributed by atoms with E-state index >= 15 is 0 Å². The molecule has 0 aromatic rings. The van der Waals surface area contributed by atoms with Crippen LogP contribution >= 0.6 is 0 Å². The zero-order valence-corrected chi connectivity index (χ0v) is 6.96. The number of carboxylic acids is 1. The van der Waals surface area contributed by atoms with Crippen molar-refractivity contribution in [1.82, 2.24) is 0 Å².